The Morgan fingerprint density at radius 3 is 2.35 bits per heavy atom. The second-order valence-corrected chi connectivity index (χ2v) is 13.3. The molecule has 0 aliphatic rings. The van der Waals surface area contributed by atoms with Gasteiger partial charge >= 0.3 is 0 Å². The predicted octanol–water partition coefficient (Wildman–Crippen LogP) is 8.84. The number of thiazole rings is 1. The van der Waals surface area contributed by atoms with Crippen molar-refractivity contribution in [3.8, 4) is 5.75 Å². The van der Waals surface area contributed by atoms with E-state index in [-0.39, 0.29) is 11.6 Å². The average Bonchev–Trinajstić information content (AvgIpc) is 3.52. The molecule has 0 saturated carbocycles. The highest BCUT2D eigenvalue weighted by molar-refractivity contribution is 8.00. The number of carbonyl (C=O) groups excluding carboxylic acids is 3. The van der Waals surface area contributed by atoms with Crippen LogP contribution < -0.4 is 20.7 Å². The molecule has 1 unspecified atom stereocenters. The summed E-state index contributed by atoms with van der Waals surface area (Å²) in [5.74, 6) is -0.495. The summed E-state index contributed by atoms with van der Waals surface area (Å²) in [6, 6.07) is 37.8. The zero-order chi connectivity index (χ0) is 34.2. The second kappa shape index (κ2) is 15.7. The van der Waals surface area contributed by atoms with Gasteiger partial charge in [-0.2, -0.15) is 0 Å². The number of nitrogens with zero attached hydrogens (tertiary/aromatic N) is 1. The van der Waals surface area contributed by atoms with Crippen molar-refractivity contribution >= 4 is 79.5 Å². The molecule has 0 saturated heterocycles. The number of rotatable bonds is 11. The van der Waals surface area contributed by atoms with Crippen molar-refractivity contribution in [2.45, 2.75) is 10.1 Å². The fraction of sp³-hybridized carbons (Fsp3) is 0.0526. The number of benzene rings is 5. The first-order valence-electron chi connectivity index (χ1n) is 15.1. The third-order valence-electron chi connectivity index (χ3n) is 7.20. The van der Waals surface area contributed by atoms with Gasteiger partial charge in [0.15, 0.2) is 5.13 Å². The van der Waals surface area contributed by atoms with Crippen molar-refractivity contribution in [3.05, 3.63) is 155 Å². The second-order valence-electron chi connectivity index (χ2n) is 10.7. The van der Waals surface area contributed by atoms with E-state index >= 15 is 0 Å². The van der Waals surface area contributed by atoms with Gasteiger partial charge in [-0.25, -0.2) is 4.98 Å². The van der Waals surface area contributed by atoms with Crippen LogP contribution in [0.25, 0.3) is 16.3 Å². The summed E-state index contributed by atoms with van der Waals surface area (Å²) in [5.41, 5.74) is 3.12. The molecule has 5 aromatic carbocycles. The van der Waals surface area contributed by atoms with Crippen molar-refractivity contribution in [1.82, 2.24) is 10.3 Å². The number of thioether (sulfide) groups is 1. The van der Waals surface area contributed by atoms with E-state index in [1.165, 1.54) is 23.1 Å². The topological polar surface area (TPSA) is 109 Å². The number of fused-ring (bicyclic) bond motifs is 1. The largest absolute Gasteiger partial charge is 0.497 e. The molecule has 1 aromatic heterocycles. The SMILES string of the molecule is COc1ccc2nc(NC(=O)C(Sc3cccc(NC(=O)/C(=C/c4cccc(Cl)c4)NC(=O)c4ccccc4)c3)c3ccccc3)sc2c1. The molecule has 0 aliphatic heterocycles. The Morgan fingerprint density at radius 2 is 1.59 bits per heavy atom. The molecule has 0 spiro atoms. The fourth-order valence-electron chi connectivity index (χ4n) is 4.84. The van der Waals surface area contributed by atoms with E-state index in [0.29, 0.717) is 32.7 Å². The van der Waals surface area contributed by atoms with Crippen LogP contribution in [0.2, 0.25) is 5.02 Å². The molecular formula is C38H29ClN4O4S2. The van der Waals surface area contributed by atoms with Gasteiger partial charge in [0, 0.05) is 21.2 Å². The van der Waals surface area contributed by atoms with Gasteiger partial charge in [-0.05, 0) is 77.9 Å². The maximum Gasteiger partial charge on any atom is 0.272 e. The first kappa shape index (κ1) is 33.5. The first-order chi connectivity index (χ1) is 23.8. The van der Waals surface area contributed by atoms with Crippen LogP contribution in [0.3, 0.4) is 0 Å². The Balaban J connectivity index is 1.22. The Bertz CT molecular complexity index is 2160. The fourth-order valence-corrected chi connectivity index (χ4v) is 7.02. The molecule has 0 radical (unpaired) electrons. The molecule has 3 amide bonds. The van der Waals surface area contributed by atoms with Crippen molar-refractivity contribution < 1.29 is 19.1 Å². The first-order valence-corrected chi connectivity index (χ1v) is 17.1. The van der Waals surface area contributed by atoms with E-state index < -0.39 is 17.1 Å². The number of ether oxygens (including phenoxy) is 1. The molecule has 49 heavy (non-hydrogen) atoms. The molecule has 11 heteroatoms. The van der Waals surface area contributed by atoms with Gasteiger partial charge in [-0.3, -0.25) is 14.4 Å². The van der Waals surface area contributed by atoms with Crippen LogP contribution >= 0.6 is 34.7 Å². The highest BCUT2D eigenvalue weighted by atomic mass is 35.5. The van der Waals surface area contributed by atoms with Crippen molar-refractivity contribution in [3.63, 3.8) is 0 Å². The zero-order valence-corrected chi connectivity index (χ0v) is 28.4. The van der Waals surface area contributed by atoms with Gasteiger partial charge in [-0.15, -0.1) is 11.8 Å². The molecule has 244 valence electrons. The highest BCUT2D eigenvalue weighted by Gasteiger charge is 2.24. The number of carbonyl (C=O) groups is 3. The standard InChI is InChI=1S/C38H29ClN4O4S2/c1-47-29-18-19-31-33(23-29)49-38(42-31)43-37(46)34(25-11-4-2-5-12-25)48-30-17-9-16-28(22-30)40-36(45)32(21-24-10-8-15-27(39)20-24)41-35(44)26-13-6-3-7-14-26/h2-23,34H,1H3,(H,40,45)(H,41,44)(H,42,43,46)/b32-21-. The lowest BCUT2D eigenvalue weighted by atomic mass is 10.1. The van der Waals surface area contributed by atoms with Crippen molar-refractivity contribution in [2.24, 2.45) is 0 Å². The molecule has 6 aromatic rings. The molecule has 3 N–H and O–H groups in total. The van der Waals surface area contributed by atoms with E-state index in [1.54, 1.807) is 79.9 Å². The third-order valence-corrected chi connectivity index (χ3v) is 9.62. The molecule has 0 aliphatic carbocycles. The number of methoxy groups -OCH3 is 1. The van der Waals surface area contributed by atoms with Crippen LogP contribution in [0.1, 0.15) is 26.7 Å². The summed E-state index contributed by atoms with van der Waals surface area (Å²) in [4.78, 5) is 45.8. The molecule has 1 heterocycles. The van der Waals surface area contributed by atoms with E-state index in [2.05, 4.69) is 20.9 Å². The smallest absolute Gasteiger partial charge is 0.272 e. The molecular weight excluding hydrogens is 676 g/mol. The van der Waals surface area contributed by atoms with Gasteiger partial charge in [0.1, 0.15) is 16.7 Å². The average molecular weight is 705 g/mol. The molecule has 8 nitrogen and oxygen atoms in total. The quantitative estimate of drug-likeness (QED) is 0.0919. The zero-order valence-electron chi connectivity index (χ0n) is 26.1. The number of hydrogen-bond donors (Lipinski definition) is 3. The number of amides is 3. The molecule has 0 bridgehead atoms. The van der Waals surface area contributed by atoms with Crippen LogP contribution in [0.5, 0.6) is 5.75 Å². The number of hydrogen-bond acceptors (Lipinski definition) is 7. The Morgan fingerprint density at radius 1 is 0.837 bits per heavy atom. The van der Waals surface area contributed by atoms with E-state index in [9.17, 15) is 14.4 Å². The molecule has 0 fully saturated rings. The normalized spacial score (nSPS) is 11.8. The predicted molar refractivity (Wildman–Crippen MR) is 198 cm³/mol. The Kier molecular flexibility index (Phi) is 10.7. The maximum atomic E-state index is 13.8. The lowest BCUT2D eigenvalue weighted by molar-refractivity contribution is -0.116. The summed E-state index contributed by atoms with van der Waals surface area (Å²) in [5, 5.41) is 8.97. The molecule has 6 rings (SSSR count). The molecule has 1 atom stereocenters. The summed E-state index contributed by atoms with van der Waals surface area (Å²) >= 11 is 8.89. The van der Waals surface area contributed by atoms with Crippen LogP contribution in [-0.2, 0) is 9.59 Å². The number of nitrogens with one attached hydrogen (secondary N) is 3. The number of anilines is 2. The van der Waals surface area contributed by atoms with Gasteiger partial charge < -0.3 is 20.7 Å². The van der Waals surface area contributed by atoms with Gasteiger partial charge in [0.2, 0.25) is 5.91 Å². The minimum absolute atomic E-state index is 0.0316. The van der Waals surface area contributed by atoms with E-state index in [1.807, 2.05) is 60.7 Å². The van der Waals surface area contributed by atoms with Crippen LogP contribution in [0.4, 0.5) is 10.8 Å². The van der Waals surface area contributed by atoms with Crippen molar-refractivity contribution in [1.29, 1.82) is 0 Å². The van der Waals surface area contributed by atoms with Gasteiger partial charge in [0.05, 0.1) is 17.3 Å². The summed E-state index contributed by atoms with van der Waals surface area (Å²) in [6.45, 7) is 0. The lowest BCUT2D eigenvalue weighted by Crippen LogP contribution is -2.30. The van der Waals surface area contributed by atoms with Crippen LogP contribution in [-0.4, -0.2) is 29.8 Å². The lowest BCUT2D eigenvalue weighted by Gasteiger charge is -2.17. The number of aromatic nitrogens is 1. The number of halogens is 1. The third kappa shape index (κ3) is 8.74. The minimum atomic E-state index is -0.628. The maximum absolute atomic E-state index is 13.8. The van der Waals surface area contributed by atoms with Crippen molar-refractivity contribution in [2.75, 3.05) is 17.7 Å². The summed E-state index contributed by atoms with van der Waals surface area (Å²) in [6.07, 6.45) is 1.56. The van der Waals surface area contributed by atoms with E-state index in [0.717, 1.165) is 20.7 Å². The van der Waals surface area contributed by atoms with Crippen LogP contribution in [0.15, 0.2) is 138 Å². The monoisotopic (exact) mass is 704 g/mol. The summed E-state index contributed by atoms with van der Waals surface area (Å²) in [7, 11) is 1.60. The van der Waals surface area contributed by atoms with Crippen LogP contribution in [0, 0.1) is 0 Å². The summed E-state index contributed by atoms with van der Waals surface area (Å²) < 4.78 is 6.22. The highest BCUT2D eigenvalue weighted by Crippen LogP contribution is 2.38. The van der Waals surface area contributed by atoms with Gasteiger partial charge in [0.25, 0.3) is 11.8 Å². The Hall–Kier alpha value is -5.42. The van der Waals surface area contributed by atoms with E-state index in [4.69, 9.17) is 16.3 Å². The minimum Gasteiger partial charge on any atom is -0.497 e. The Labute approximate surface area is 296 Å². The van der Waals surface area contributed by atoms with Gasteiger partial charge in [-0.1, -0.05) is 89.7 Å².